The monoisotopic (exact) mass is 569 g/mol. The molecular weight excluding hydrogens is 545 g/mol. The second-order valence-electron chi connectivity index (χ2n) is 10.0. The number of imide groups is 1. The number of fused-ring (bicyclic) bond motifs is 3. The minimum absolute atomic E-state index is 0.0142. The number of rotatable bonds is 3. The average Bonchev–Trinajstić information content (AvgIpc) is 3.20. The number of ketones is 1. The molecule has 0 radical (unpaired) electrons. The van der Waals surface area contributed by atoms with Crippen LogP contribution in [0.25, 0.3) is 10.9 Å². The third kappa shape index (κ3) is 3.01. The number of carbonyl (C=O) groups is 3. The van der Waals surface area contributed by atoms with Gasteiger partial charge in [-0.1, -0.05) is 0 Å². The Bertz CT molecular complexity index is 1740. The van der Waals surface area contributed by atoms with Gasteiger partial charge in [-0.3, -0.25) is 0 Å². The summed E-state index contributed by atoms with van der Waals surface area (Å²) in [5, 5.41) is 0.918. The summed E-state index contributed by atoms with van der Waals surface area (Å²) in [6, 6.07) is 24.0. The Labute approximate surface area is 222 Å². The summed E-state index contributed by atoms with van der Waals surface area (Å²) < 4.78 is 14.8. The predicted molar refractivity (Wildman–Crippen MR) is 143 cm³/mol. The molecular formula is C30H23N3O4Se. The van der Waals surface area contributed by atoms with Gasteiger partial charge in [-0.05, 0) is 0 Å². The van der Waals surface area contributed by atoms with E-state index in [4.69, 9.17) is 4.99 Å². The topological polar surface area (TPSA) is 99.7 Å². The van der Waals surface area contributed by atoms with Crippen molar-refractivity contribution in [2.45, 2.75) is 24.2 Å². The van der Waals surface area contributed by atoms with E-state index < -0.39 is 43.0 Å². The first-order valence-electron chi connectivity index (χ1n) is 12.5. The van der Waals surface area contributed by atoms with Crippen molar-refractivity contribution in [2.75, 3.05) is 0 Å². The Morgan fingerprint density at radius 2 is 1.74 bits per heavy atom. The number of H-pyrrole nitrogens is 1. The van der Waals surface area contributed by atoms with Crippen LogP contribution in [0, 0.1) is 11.8 Å². The summed E-state index contributed by atoms with van der Waals surface area (Å²) in [4.78, 5) is 51.4. The van der Waals surface area contributed by atoms with Crippen molar-refractivity contribution in [3.05, 3.63) is 95.7 Å². The molecule has 4 aromatic rings. The Hall–Kier alpha value is -4.00. The SMILES string of the molecule is CC(=O)N1C(=O)[C@H]2Cc3c([nH]c4ccccc34)C1(C[Se](=O)c1ccccc1)C1=Nc3ccccc3C(=O)[C@H]12. The molecule has 1 saturated heterocycles. The molecule has 1 fully saturated rings. The quantitative estimate of drug-likeness (QED) is 0.380. The molecule has 38 heavy (non-hydrogen) atoms. The van der Waals surface area contributed by atoms with Crippen molar-refractivity contribution in [1.82, 2.24) is 9.88 Å². The molecule has 3 aliphatic heterocycles. The molecule has 188 valence electrons. The van der Waals surface area contributed by atoms with E-state index >= 15 is 0 Å². The number of Topliss-reactive ketones (excluding diaryl/α,β-unsaturated/α-hetero) is 1. The van der Waals surface area contributed by atoms with Gasteiger partial charge in [0.05, 0.1) is 0 Å². The summed E-state index contributed by atoms with van der Waals surface area (Å²) in [5.74, 6) is -2.65. The van der Waals surface area contributed by atoms with Gasteiger partial charge in [0.25, 0.3) is 0 Å². The molecule has 2 unspecified atom stereocenters. The van der Waals surface area contributed by atoms with Gasteiger partial charge >= 0.3 is 223 Å². The molecule has 8 heteroatoms. The van der Waals surface area contributed by atoms with E-state index in [1.807, 2.05) is 60.7 Å². The Balaban J connectivity index is 1.59. The van der Waals surface area contributed by atoms with Gasteiger partial charge in [-0.2, -0.15) is 0 Å². The molecule has 1 N–H and O–H groups in total. The van der Waals surface area contributed by atoms with Crippen LogP contribution >= 0.6 is 0 Å². The zero-order chi connectivity index (χ0) is 26.2. The number of aromatic nitrogens is 1. The second-order valence-corrected chi connectivity index (χ2v) is 13.1. The molecule has 4 aliphatic rings. The van der Waals surface area contributed by atoms with Crippen molar-refractivity contribution in [1.29, 1.82) is 0 Å². The standard InChI is InChI=1S/C30H23N3O4Se/c1-17(34)33-29(36)22-15-21-19-11-5-7-13-23(19)31-27(21)30(33,16-38(37)18-9-3-2-4-10-18)28-25(22)26(35)20-12-6-8-14-24(20)32-28/h2-14,22,25,31H,15-16H2,1H3/t22-,25+,30?,38?/m0/s1. The van der Waals surface area contributed by atoms with E-state index in [1.54, 1.807) is 18.2 Å². The average molecular weight is 568 g/mol. The first-order valence-corrected chi connectivity index (χ1v) is 15.3. The maximum atomic E-state index is 14.2. The molecule has 4 atom stereocenters. The van der Waals surface area contributed by atoms with E-state index in [9.17, 15) is 18.2 Å². The van der Waals surface area contributed by atoms with Gasteiger partial charge in [0, 0.05) is 0 Å². The van der Waals surface area contributed by atoms with Crippen LogP contribution < -0.4 is 4.46 Å². The van der Waals surface area contributed by atoms with Gasteiger partial charge in [-0.25, -0.2) is 0 Å². The van der Waals surface area contributed by atoms with Crippen LogP contribution in [0.3, 0.4) is 0 Å². The predicted octanol–water partition coefficient (Wildman–Crippen LogP) is 3.84. The van der Waals surface area contributed by atoms with Gasteiger partial charge in [-0.15, -0.1) is 0 Å². The number of hydrogen-bond acceptors (Lipinski definition) is 5. The zero-order valence-corrected chi connectivity index (χ0v) is 22.2. The van der Waals surface area contributed by atoms with E-state index in [1.165, 1.54) is 11.8 Å². The fourth-order valence-corrected chi connectivity index (χ4v) is 9.51. The van der Waals surface area contributed by atoms with E-state index in [0.717, 1.165) is 16.5 Å². The molecule has 1 aromatic heterocycles. The fourth-order valence-electron chi connectivity index (χ4n) is 6.51. The second kappa shape index (κ2) is 8.25. The number of aromatic amines is 1. The van der Waals surface area contributed by atoms with Crippen molar-refractivity contribution < 1.29 is 18.2 Å². The molecule has 2 amide bonds. The molecule has 4 heterocycles. The van der Waals surface area contributed by atoms with Crippen LogP contribution in [-0.4, -0.2) is 47.0 Å². The summed E-state index contributed by atoms with van der Waals surface area (Å²) >= 11 is -2.83. The molecule has 1 aliphatic carbocycles. The number of hydrogen-bond donors (Lipinski definition) is 1. The zero-order valence-electron chi connectivity index (χ0n) is 20.5. The summed E-state index contributed by atoms with van der Waals surface area (Å²) in [6.45, 7) is 1.36. The molecule has 0 saturated carbocycles. The number of amides is 2. The van der Waals surface area contributed by atoms with Crippen LogP contribution in [0.5, 0.6) is 0 Å². The minimum atomic E-state index is -2.83. The number of piperidine rings is 1. The number of benzene rings is 3. The van der Waals surface area contributed by atoms with E-state index in [0.29, 0.717) is 27.1 Å². The molecule has 7 nitrogen and oxygen atoms in total. The Morgan fingerprint density at radius 3 is 2.53 bits per heavy atom. The maximum absolute atomic E-state index is 14.2. The van der Waals surface area contributed by atoms with Crippen LogP contribution in [-0.2, 0) is 25.4 Å². The Kier molecular flexibility index (Phi) is 5.02. The Morgan fingerprint density at radius 1 is 1.03 bits per heavy atom. The number of para-hydroxylation sites is 2. The third-order valence-electron chi connectivity index (χ3n) is 8.05. The summed E-state index contributed by atoms with van der Waals surface area (Å²) in [7, 11) is 0. The number of nitrogens with zero attached hydrogens (tertiary/aromatic N) is 2. The van der Waals surface area contributed by atoms with E-state index in [2.05, 4.69) is 4.98 Å². The first kappa shape index (κ1) is 23.1. The van der Waals surface area contributed by atoms with Gasteiger partial charge in [0.1, 0.15) is 0 Å². The third-order valence-corrected chi connectivity index (χ3v) is 11.1. The summed E-state index contributed by atoms with van der Waals surface area (Å²) in [6.07, 6.45) is 0.288. The van der Waals surface area contributed by atoms with Crippen LogP contribution in [0.15, 0.2) is 83.9 Å². The van der Waals surface area contributed by atoms with Gasteiger partial charge < -0.3 is 0 Å². The van der Waals surface area contributed by atoms with Crippen molar-refractivity contribution in [2.24, 2.45) is 16.8 Å². The van der Waals surface area contributed by atoms with Gasteiger partial charge in [0.2, 0.25) is 0 Å². The first-order chi connectivity index (χ1) is 18.4. The van der Waals surface area contributed by atoms with E-state index in [-0.39, 0.29) is 17.5 Å². The van der Waals surface area contributed by atoms with Gasteiger partial charge in [0.15, 0.2) is 0 Å². The van der Waals surface area contributed by atoms with Crippen LogP contribution in [0.1, 0.15) is 28.5 Å². The van der Waals surface area contributed by atoms with Crippen molar-refractivity contribution >= 4 is 58.2 Å². The molecule has 0 spiro atoms. The van der Waals surface area contributed by atoms with Crippen LogP contribution in [0.2, 0.25) is 5.32 Å². The molecule has 3 aromatic carbocycles. The molecule has 8 rings (SSSR count). The van der Waals surface area contributed by atoms with Crippen molar-refractivity contribution in [3.8, 4) is 0 Å². The number of carbonyl (C=O) groups excluding carboxylic acids is 3. The summed E-state index contributed by atoms with van der Waals surface area (Å²) in [5.41, 5.74) is 2.32. The normalized spacial score (nSPS) is 24.3. The van der Waals surface area contributed by atoms with Crippen molar-refractivity contribution in [3.63, 3.8) is 0 Å². The van der Waals surface area contributed by atoms with Crippen LogP contribution in [0.4, 0.5) is 5.69 Å². The number of nitrogens with one attached hydrogen (secondary N) is 1. The fraction of sp³-hybridized carbons (Fsp3) is 0.200. The molecule has 2 bridgehead atoms. The number of aliphatic imine (C=N–C) groups is 1.